The van der Waals surface area contributed by atoms with Crippen molar-refractivity contribution in [1.29, 1.82) is 0 Å². The van der Waals surface area contributed by atoms with Gasteiger partial charge in [-0.2, -0.15) is 0 Å². The molecule has 0 radical (unpaired) electrons. The highest BCUT2D eigenvalue weighted by Crippen LogP contribution is 2.41. The van der Waals surface area contributed by atoms with Crippen LogP contribution in [0.15, 0.2) is 18.2 Å². The van der Waals surface area contributed by atoms with Gasteiger partial charge in [-0.1, -0.05) is 19.4 Å². The molecule has 1 saturated heterocycles. The van der Waals surface area contributed by atoms with E-state index in [0.717, 1.165) is 13.1 Å². The first-order chi connectivity index (χ1) is 9.23. The zero-order chi connectivity index (χ0) is 13.3. The molecule has 3 rings (SSSR count). The van der Waals surface area contributed by atoms with Crippen LogP contribution in [0.25, 0.3) is 10.2 Å². The van der Waals surface area contributed by atoms with Gasteiger partial charge in [0, 0.05) is 5.41 Å². The van der Waals surface area contributed by atoms with Crippen LogP contribution in [0.4, 0.5) is 0 Å². The van der Waals surface area contributed by atoms with Gasteiger partial charge in [-0.15, -0.1) is 11.3 Å². The van der Waals surface area contributed by atoms with Crippen LogP contribution < -0.4 is 5.32 Å². The van der Waals surface area contributed by atoms with Crippen LogP contribution >= 0.6 is 11.3 Å². The Hall–Kier alpha value is -0.930. The summed E-state index contributed by atoms with van der Waals surface area (Å²) in [6.07, 6.45) is 4.99. The van der Waals surface area contributed by atoms with E-state index in [1.807, 2.05) is 11.3 Å². The van der Waals surface area contributed by atoms with Crippen molar-refractivity contribution in [3.05, 3.63) is 28.8 Å². The molecule has 3 heteroatoms. The van der Waals surface area contributed by atoms with E-state index in [4.69, 9.17) is 4.98 Å². The molecule has 0 saturated carbocycles. The fourth-order valence-corrected chi connectivity index (χ4v) is 4.55. The molecule has 2 nitrogen and oxygen atoms in total. The van der Waals surface area contributed by atoms with Gasteiger partial charge < -0.3 is 5.32 Å². The number of thiazole rings is 1. The zero-order valence-electron chi connectivity index (χ0n) is 11.8. The van der Waals surface area contributed by atoms with E-state index in [1.165, 1.54) is 46.5 Å². The molecule has 0 atom stereocenters. The highest BCUT2D eigenvalue weighted by Gasteiger charge is 2.35. The predicted molar refractivity (Wildman–Crippen MR) is 83.0 cm³/mol. The lowest BCUT2D eigenvalue weighted by Crippen LogP contribution is -2.39. The lowest BCUT2D eigenvalue weighted by atomic mass is 9.76. The van der Waals surface area contributed by atoms with Gasteiger partial charge in [0.05, 0.1) is 10.2 Å². The number of hydrogen-bond donors (Lipinski definition) is 1. The van der Waals surface area contributed by atoms with E-state index < -0.39 is 0 Å². The van der Waals surface area contributed by atoms with Crippen LogP contribution in [0.5, 0.6) is 0 Å². The van der Waals surface area contributed by atoms with E-state index in [2.05, 4.69) is 37.4 Å². The Morgan fingerprint density at radius 1 is 1.32 bits per heavy atom. The van der Waals surface area contributed by atoms with Crippen LogP contribution in [0, 0.1) is 6.92 Å². The lowest BCUT2D eigenvalue weighted by molar-refractivity contribution is 0.285. The molecule has 0 spiro atoms. The van der Waals surface area contributed by atoms with Crippen LogP contribution in [0.2, 0.25) is 0 Å². The number of aromatic nitrogens is 1. The van der Waals surface area contributed by atoms with Crippen molar-refractivity contribution in [3.8, 4) is 0 Å². The molecule has 19 heavy (non-hydrogen) atoms. The first kappa shape index (κ1) is 13.1. The average molecular weight is 274 g/mol. The monoisotopic (exact) mass is 274 g/mol. The Balaban J connectivity index is 2.04. The van der Waals surface area contributed by atoms with E-state index in [0.29, 0.717) is 5.41 Å². The average Bonchev–Trinajstić information content (AvgIpc) is 2.83. The molecule has 0 unspecified atom stereocenters. The third-order valence-electron chi connectivity index (χ3n) is 4.29. The Morgan fingerprint density at radius 2 is 2.11 bits per heavy atom. The van der Waals surface area contributed by atoms with Crippen molar-refractivity contribution in [3.63, 3.8) is 0 Å². The van der Waals surface area contributed by atoms with E-state index in [1.54, 1.807) is 0 Å². The Morgan fingerprint density at radius 3 is 2.84 bits per heavy atom. The van der Waals surface area contributed by atoms with Crippen molar-refractivity contribution in [2.24, 2.45) is 0 Å². The van der Waals surface area contributed by atoms with Crippen molar-refractivity contribution in [2.75, 3.05) is 13.1 Å². The van der Waals surface area contributed by atoms with Gasteiger partial charge in [-0.3, -0.25) is 0 Å². The largest absolute Gasteiger partial charge is 0.317 e. The molecule has 1 aromatic carbocycles. The van der Waals surface area contributed by atoms with E-state index in [9.17, 15) is 0 Å². The van der Waals surface area contributed by atoms with Gasteiger partial charge in [0.25, 0.3) is 0 Å². The van der Waals surface area contributed by atoms with Gasteiger partial charge in [-0.25, -0.2) is 4.98 Å². The van der Waals surface area contributed by atoms with Crippen LogP contribution in [-0.4, -0.2) is 18.1 Å². The Labute approximate surface area is 119 Å². The maximum Gasteiger partial charge on any atom is 0.100 e. The van der Waals surface area contributed by atoms with Crippen molar-refractivity contribution in [1.82, 2.24) is 10.3 Å². The maximum absolute atomic E-state index is 4.96. The van der Waals surface area contributed by atoms with Crippen LogP contribution in [0.3, 0.4) is 0 Å². The minimum absolute atomic E-state index is 0.331. The highest BCUT2D eigenvalue weighted by molar-refractivity contribution is 7.18. The first-order valence-electron chi connectivity index (χ1n) is 7.32. The number of aryl methyl sites for hydroxylation is 1. The zero-order valence-corrected chi connectivity index (χ0v) is 12.6. The number of benzene rings is 1. The SMILES string of the molecule is CCCC1(c2nc3ccc(C)cc3s2)CCNCC1. The molecule has 0 amide bonds. The normalized spacial score (nSPS) is 18.8. The molecule has 102 valence electrons. The second kappa shape index (κ2) is 5.22. The first-order valence-corrected chi connectivity index (χ1v) is 8.13. The number of nitrogens with one attached hydrogen (secondary N) is 1. The van der Waals surface area contributed by atoms with Gasteiger partial charge in [0.15, 0.2) is 0 Å². The molecule has 0 aliphatic carbocycles. The van der Waals surface area contributed by atoms with E-state index >= 15 is 0 Å². The second-order valence-electron chi connectivity index (χ2n) is 5.77. The molecule has 1 aliphatic heterocycles. The minimum atomic E-state index is 0.331. The van der Waals surface area contributed by atoms with Gasteiger partial charge >= 0.3 is 0 Å². The standard InChI is InChI=1S/C16H22N2S/c1-3-6-16(7-9-17-10-8-16)15-18-13-5-4-12(2)11-14(13)19-15/h4-5,11,17H,3,6-10H2,1-2H3. The summed E-state index contributed by atoms with van der Waals surface area (Å²) in [6, 6.07) is 6.61. The number of fused-ring (bicyclic) bond motifs is 1. The second-order valence-corrected chi connectivity index (χ2v) is 6.80. The van der Waals surface area contributed by atoms with Crippen LogP contribution in [-0.2, 0) is 5.41 Å². The number of rotatable bonds is 3. The highest BCUT2D eigenvalue weighted by atomic mass is 32.1. The summed E-state index contributed by atoms with van der Waals surface area (Å²) in [5.74, 6) is 0. The topological polar surface area (TPSA) is 24.9 Å². The number of piperidine rings is 1. The van der Waals surface area contributed by atoms with Crippen LogP contribution in [0.1, 0.15) is 43.2 Å². The molecule has 2 heterocycles. The van der Waals surface area contributed by atoms with Crippen molar-refractivity contribution >= 4 is 21.6 Å². The molecule has 0 bridgehead atoms. The summed E-state index contributed by atoms with van der Waals surface area (Å²) in [4.78, 5) is 4.96. The Kier molecular flexibility index (Phi) is 3.59. The van der Waals surface area contributed by atoms with Gasteiger partial charge in [-0.05, 0) is 57.0 Å². The van der Waals surface area contributed by atoms with E-state index in [-0.39, 0.29) is 0 Å². The quantitative estimate of drug-likeness (QED) is 0.914. The molecule has 1 aliphatic rings. The molecule has 1 N–H and O–H groups in total. The summed E-state index contributed by atoms with van der Waals surface area (Å²) in [5, 5.41) is 4.86. The predicted octanol–water partition coefficient (Wildman–Crippen LogP) is 4.03. The summed E-state index contributed by atoms with van der Waals surface area (Å²) in [5.41, 5.74) is 2.84. The molecule has 1 aromatic heterocycles. The van der Waals surface area contributed by atoms with Gasteiger partial charge in [0.1, 0.15) is 5.01 Å². The summed E-state index contributed by atoms with van der Waals surface area (Å²) in [7, 11) is 0. The molecular formula is C16H22N2S. The fourth-order valence-electron chi connectivity index (χ4n) is 3.21. The summed E-state index contributed by atoms with van der Waals surface area (Å²) < 4.78 is 1.35. The molecule has 1 fully saturated rings. The van der Waals surface area contributed by atoms with Crippen molar-refractivity contribution < 1.29 is 0 Å². The van der Waals surface area contributed by atoms with Crippen molar-refractivity contribution in [2.45, 2.75) is 44.9 Å². The molecular weight excluding hydrogens is 252 g/mol. The molecule has 2 aromatic rings. The minimum Gasteiger partial charge on any atom is -0.317 e. The maximum atomic E-state index is 4.96. The summed E-state index contributed by atoms with van der Waals surface area (Å²) >= 11 is 1.92. The number of hydrogen-bond acceptors (Lipinski definition) is 3. The third-order valence-corrected chi connectivity index (χ3v) is 5.55. The smallest absolute Gasteiger partial charge is 0.100 e. The lowest BCUT2D eigenvalue weighted by Gasteiger charge is -2.35. The summed E-state index contributed by atoms with van der Waals surface area (Å²) in [6.45, 7) is 6.72. The Bertz CT molecular complexity index is 562. The third kappa shape index (κ3) is 2.41. The number of nitrogens with zero attached hydrogens (tertiary/aromatic N) is 1. The fraction of sp³-hybridized carbons (Fsp3) is 0.562. The van der Waals surface area contributed by atoms with Gasteiger partial charge in [0.2, 0.25) is 0 Å².